The van der Waals surface area contributed by atoms with E-state index in [1.54, 1.807) is 6.07 Å². The molecule has 2 N–H and O–H groups in total. The molecule has 5 nitrogen and oxygen atoms in total. The van der Waals surface area contributed by atoms with E-state index in [1.165, 1.54) is 28.0 Å². The molecule has 0 radical (unpaired) electrons. The summed E-state index contributed by atoms with van der Waals surface area (Å²) in [6.07, 6.45) is 0.237. The summed E-state index contributed by atoms with van der Waals surface area (Å²) in [6, 6.07) is 14.5. The predicted octanol–water partition coefficient (Wildman–Crippen LogP) is 7.72. The second kappa shape index (κ2) is 11.5. The first-order chi connectivity index (χ1) is 16.9. The van der Waals surface area contributed by atoms with Crippen LogP contribution < -0.4 is 10.1 Å². The van der Waals surface area contributed by atoms with Crippen LogP contribution in [0.25, 0.3) is 11.1 Å². The van der Waals surface area contributed by atoms with Crippen LogP contribution in [-0.2, 0) is 10.2 Å². The average Bonchev–Trinajstić information content (AvgIpc) is 3.18. The van der Waals surface area contributed by atoms with Crippen LogP contribution in [0.4, 0.5) is 0 Å². The fourth-order valence-corrected chi connectivity index (χ4v) is 5.65. The van der Waals surface area contributed by atoms with E-state index in [9.17, 15) is 9.59 Å². The van der Waals surface area contributed by atoms with Crippen molar-refractivity contribution in [2.24, 2.45) is 0 Å². The van der Waals surface area contributed by atoms with Gasteiger partial charge in [-0.25, -0.2) is 0 Å². The van der Waals surface area contributed by atoms with Crippen molar-refractivity contribution in [3.63, 3.8) is 0 Å². The van der Waals surface area contributed by atoms with E-state index in [2.05, 4.69) is 64.2 Å². The molecule has 192 valence electrons. The maximum Gasteiger partial charge on any atom is 0.305 e. The Morgan fingerprint density at radius 2 is 1.69 bits per heavy atom. The summed E-state index contributed by atoms with van der Waals surface area (Å²) in [5, 5.41) is 11.9. The molecule has 1 aromatic heterocycles. The highest BCUT2D eigenvalue weighted by molar-refractivity contribution is 7.14. The van der Waals surface area contributed by atoms with Gasteiger partial charge in [0, 0.05) is 6.54 Å². The summed E-state index contributed by atoms with van der Waals surface area (Å²) >= 11 is 7.76. The topological polar surface area (TPSA) is 75.6 Å². The summed E-state index contributed by atoms with van der Waals surface area (Å²) in [5.74, 6) is -0.542. The van der Waals surface area contributed by atoms with Crippen molar-refractivity contribution in [3.05, 3.63) is 73.9 Å². The number of hydrogen-bond donors (Lipinski definition) is 2. The first-order valence-corrected chi connectivity index (χ1v) is 13.3. The Hall–Kier alpha value is -2.83. The van der Waals surface area contributed by atoms with Crippen molar-refractivity contribution in [1.29, 1.82) is 0 Å². The van der Waals surface area contributed by atoms with E-state index >= 15 is 0 Å². The molecule has 0 saturated carbocycles. The molecule has 1 amide bonds. The van der Waals surface area contributed by atoms with Gasteiger partial charge in [-0.2, -0.15) is 0 Å². The van der Waals surface area contributed by atoms with Crippen molar-refractivity contribution in [3.8, 4) is 16.9 Å². The minimum absolute atomic E-state index is 0.0660. The minimum atomic E-state index is -0.960. The van der Waals surface area contributed by atoms with Crippen LogP contribution in [0, 0.1) is 13.8 Å². The minimum Gasteiger partial charge on any atom is -0.485 e. The smallest absolute Gasteiger partial charge is 0.305 e. The first kappa shape index (κ1) is 27.8. The van der Waals surface area contributed by atoms with Crippen LogP contribution in [0.5, 0.6) is 5.75 Å². The maximum atomic E-state index is 12.4. The van der Waals surface area contributed by atoms with Gasteiger partial charge in [-0.3, -0.25) is 9.59 Å². The Bertz CT molecular complexity index is 1220. The molecule has 0 aliphatic rings. The highest BCUT2D eigenvalue weighted by atomic mass is 35.5. The number of carboxylic acid groups (broad SMARTS) is 1. The van der Waals surface area contributed by atoms with Crippen LogP contribution in [0.15, 0.2) is 42.5 Å². The lowest BCUT2D eigenvalue weighted by Gasteiger charge is -2.21. The normalized spacial score (nSPS) is 12.3. The van der Waals surface area contributed by atoms with E-state index in [4.69, 9.17) is 21.4 Å². The van der Waals surface area contributed by atoms with Gasteiger partial charge in [-0.1, -0.05) is 63.6 Å². The van der Waals surface area contributed by atoms with Gasteiger partial charge < -0.3 is 15.2 Å². The van der Waals surface area contributed by atoms with Gasteiger partial charge in [0.25, 0.3) is 5.91 Å². The monoisotopic (exact) mass is 527 g/mol. The molecular weight excluding hydrogens is 494 g/mol. The molecule has 2 aromatic carbocycles. The number of amides is 1. The number of aliphatic carboxylic acids is 1. The molecule has 36 heavy (non-hydrogen) atoms. The number of halogens is 1. The van der Waals surface area contributed by atoms with Gasteiger partial charge in [0.2, 0.25) is 0 Å². The molecule has 1 heterocycles. The highest BCUT2D eigenvalue weighted by Gasteiger charge is 2.22. The van der Waals surface area contributed by atoms with Crippen LogP contribution in [0.1, 0.15) is 77.9 Å². The number of hydrogen-bond acceptors (Lipinski definition) is 4. The summed E-state index contributed by atoms with van der Waals surface area (Å²) < 4.78 is 6.37. The van der Waals surface area contributed by atoms with Crippen molar-refractivity contribution in [1.82, 2.24) is 5.32 Å². The zero-order valence-electron chi connectivity index (χ0n) is 21.7. The zero-order chi connectivity index (χ0) is 26.6. The largest absolute Gasteiger partial charge is 0.485 e. The predicted molar refractivity (Wildman–Crippen MR) is 148 cm³/mol. The third kappa shape index (κ3) is 6.68. The molecule has 0 fully saturated rings. The van der Waals surface area contributed by atoms with Crippen molar-refractivity contribution in [2.75, 3.05) is 6.54 Å². The molecule has 3 aromatic rings. The third-order valence-electron chi connectivity index (χ3n) is 6.05. The van der Waals surface area contributed by atoms with Gasteiger partial charge in [-0.15, -0.1) is 11.3 Å². The Kier molecular flexibility index (Phi) is 8.85. The number of carbonyl (C=O) groups excluding carboxylic acids is 1. The molecule has 7 heteroatoms. The number of carbonyl (C=O) groups is 2. The Morgan fingerprint density at radius 1 is 1.08 bits per heavy atom. The summed E-state index contributed by atoms with van der Waals surface area (Å²) in [6.45, 7) is 12.9. The van der Waals surface area contributed by atoms with E-state index in [0.717, 1.165) is 21.8 Å². The number of ether oxygens (including phenoxy) is 1. The fraction of sp³-hybridized carbons (Fsp3) is 0.379. The molecule has 1 atom stereocenters. The van der Waals surface area contributed by atoms with Crippen LogP contribution in [-0.4, -0.2) is 23.5 Å². The number of aryl methyl sites for hydroxylation is 2. The molecule has 3 rings (SSSR count). The van der Waals surface area contributed by atoms with Crippen LogP contribution >= 0.6 is 22.9 Å². The summed E-state index contributed by atoms with van der Waals surface area (Å²) in [4.78, 5) is 24.3. The van der Waals surface area contributed by atoms with Gasteiger partial charge in [0.1, 0.15) is 11.9 Å². The number of thiophene rings is 1. The lowest BCUT2D eigenvalue weighted by Crippen LogP contribution is -2.25. The van der Waals surface area contributed by atoms with E-state index in [-0.39, 0.29) is 30.4 Å². The fourth-order valence-electron chi connectivity index (χ4n) is 4.15. The maximum absolute atomic E-state index is 12.4. The molecule has 0 bridgehead atoms. The van der Waals surface area contributed by atoms with Crippen molar-refractivity contribution >= 4 is 34.8 Å². The summed E-state index contributed by atoms with van der Waals surface area (Å²) in [7, 11) is 0. The Morgan fingerprint density at radius 3 is 2.22 bits per heavy atom. The quantitative estimate of drug-likeness (QED) is 0.298. The van der Waals surface area contributed by atoms with Crippen molar-refractivity contribution in [2.45, 2.75) is 65.9 Å². The molecular formula is C29H34ClNO4S. The number of benzene rings is 2. The van der Waals surface area contributed by atoms with Crippen LogP contribution in [0.3, 0.4) is 0 Å². The number of nitrogens with one attached hydrogen (secondary N) is 1. The Labute approximate surface area is 222 Å². The Balaban J connectivity index is 1.80. The molecule has 0 aliphatic carbocycles. The SMILES string of the molecule is CC[C@@H](Oc1cc(C)c(-c2ccc(C(C)(C)C)cc2)c(C)c1)c1sc(C(=O)NCCC(=O)O)cc1Cl. The number of carboxylic acids is 1. The third-order valence-corrected chi connectivity index (χ3v) is 7.70. The molecule has 0 spiro atoms. The average molecular weight is 528 g/mol. The molecule has 0 aliphatic heterocycles. The first-order valence-electron chi connectivity index (χ1n) is 12.1. The second-order valence-electron chi connectivity index (χ2n) is 10.00. The van der Waals surface area contributed by atoms with Crippen molar-refractivity contribution < 1.29 is 19.4 Å². The lowest BCUT2D eigenvalue weighted by molar-refractivity contribution is -0.136. The highest BCUT2D eigenvalue weighted by Crippen LogP contribution is 2.38. The molecule has 0 saturated heterocycles. The zero-order valence-corrected chi connectivity index (χ0v) is 23.3. The van der Waals surface area contributed by atoms with Gasteiger partial charge >= 0.3 is 5.97 Å². The van der Waals surface area contributed by atoms with E-state index < -0.39 is 5.97 Å². The van der Waals surface area contributed by atoms with E-state index in [1.807, 2.05) is 19.1 Å². The van der Waals surface area contributed by atoms with Gasteiger partial charge in [0.15, 0.2) is 0 Å². The summed E-state index contributed by atoms with van der Waals surface area (Å²) in [5.41, 5.74) is 6.03. The van der Waals surface area contributed by atoms with E-state index in [0.29, 0.717) is 16.3 Å². The van der Waals surface area contributed by atoms with Crippen LogP contribution in [0.2, 0.25) is 5.02 Å². The molecule has 0 unspecified atom stereocenters. The lowest BCUT2D eigenvalue weighted by atomic mass is 9.85. The standard InChI is InChI=1S/C29H34ClNO4S/c1-7-23(27-22(30)16-24(36-27)28(34)31-13-12-25(32)33)35-21-14-17(2)26(18(3)15-21)19-8-10-20(11-9-19)29(4,5)6/h8-11,14-16,23H,7,12-13H2,1-6H3,(H,31,34)(H,32,33)/t23-/m1/s1. The second-order valence-corrected chi connectivity index (χ2v) is 11.5. The number of rotatable bonds is 9. The van der Waals surface area contributed by atoms with Gasteiger partial charge in [0.05, 0.1) is 21.2 Å². The van der Waals surface area contributed by atoms with Gasteiger partial charge in [-0.05, 0) is 71.7 Å².